The van der Waals surface area contributed by atoms with Crippen LogP contribution < -0.4 is 5.32 Å². The van der Waals surface area contributed by atoms with Gasteiger partial charge in [0.15, 0.2) is 18.7 Å². The van der Waals surface area contributed by atoms with Gasteiger partial charge in [0, 0.05) is 5.92 Å². The van der Waals surface area contributed by atoms with Gasteiger partial charge in [0.2, 0.25) is 5.91 Å². The van der Waals surface area contributed by atoms with E-state index in [1.165, 1.54) is 0 Å². The summed E-state index contributed by atoms with van der Waals surface area (Å²) in [7, 11) is 0. The quantitative estimate of drug-likeness (QED) is 0.202. The molecular weight excluding hydrogens is 398 g/mol. The van der Waals surface area contributed by atoms with Crippen molar-refractivity contribution in [3.63, 3.8) is 0 Å². The number of hydrogen-bond acceptors (Lipinski definition) is 11. The average Bonchev–Trinajstić information content (AvgIpc) is 2.66. The highest BCUT2D eigenvalue weighted by Crippen LogP contribution is 2.29. The lowest BCUT2D eigenvalue weighted by molar-refractivity contribution is -0.336. The Kier molecular flexibility index (Phi) is 7.89. The number of ether oxygens (including phenoxy) is 3. The SMILES string of the molecule is CC(C)C(=O)N[C@@H]1[C@@H](O[C@@H]2O[C@H](C(=O)O)[C@@H](O)[C@H](O)[C@H]2O)[C@H](O)[C@@H](CO)O[C@H]1O. The lowest BCUT2D eigenvalue weighted by Crippen LogP contribution is -2.68. The van der Waals surface area contributed by atoms with Crippen molar-refractivity contribution >= 4 is 11.9 Å². The maximum Gasteiger partial charge on any atom is 0.335 e. The van der Waals surface area contributed by atoms with E-state index < -0.39 is 85.8 Å². The van der Waals surface area contributed by atoms with Crippen LogP contribution >= 0.6 is 0 Å². The molecule has 0 aromatic heterocycles. The molecule has 2 aliphatic heterocycles. The minimum Gasteiger partial charge on any atom is -0.479 e. The van der Waals surface area contributed by atoms with E-state index in [1.807, 2.05) is 0 Å². The molecule has 2 heterocycles. The van der Waals surface area contributed by atoms with Crippen LogP contribution in [0.15, 0.2) is 0 Å². The van der Waals surface area contributed by atoms with E-state index in [0.717, 1.165) is 0 Å². The summed E-state index contributed by atoms with van der Waals surface area (Å²) in [5, 5.41) is 71.2. The van der Waals surface area contributed by atoms with Crippen LogP contribution in [0.25, 0.3) is 0 Å². The summed E-state index contributed by atoms with van der Waals surface area (Å²) in [4.78, 5) is 23.3. The van der Waals surface area contributed by atoms with Gasteiger partial charge in [-0.1, -0.05) is 13.8 Å². The summed E-state index contributed by atoms with van der Waals surface area (Å²) in [6.07, 6.45) is -15.8. The Morgan fingerprint density at radius 3 is 2.14 bits per heavy atom. The van der Waals surface area contributed by atoms with Gasteiger partial charge in [0.25, 0.3) is 0 Å². The molecule has 8 N–H and O–H groups in total. The molecule has 13 nitrogen and oxygen atoms in total. The Morgan fingerprint density at radius 2 is 1.62 bits per heavy atom. The van der Waals surface area contributed by atoms with Gasteiger partial charge in [-0.25, -0.2) is 4.79 Å². The monoisotopic (exact) mass is 425 g/mol. The van der Waals surface area contributed by atoms with Crippen molar-refractivity contribution in [1.82, 2.24) is 5.32 Å². The first kappa shape index (κ1) is 23.9. The fraction of sp³-hybridized carbons (Fsp3) is 0.875. The van der Waals surface area contributed by atoms with Crippen molar-refractivity contribution in [3.8, 4) is 0 Å². The summed E-state index contributed by atoms with van der Waals surface area (Å²) in [5.41, 5.74) is 0. The number of carbonyl (C=O) groups is 2. The number of carboxylic acid groups (broad SMARTS) is 1. The van der Waals surface area contributed by atoms with E-state index in [4.69, 9.17) is 19.3 Å². The second kappa shape index (κ2) is 9.59. The molecule has 2 saturated heterocycles. The van der Waals surface area contributed by atoms with Crippen LogP contribution in [0, 0.1) is 5.92 Å². The Labute approximate surface area is 165 Å². The number of rotatable bonds is 6. The predicted molar refractivity (Wildman–Crippen MR) is 89.9 cm³/mol. The summed E-state index contributed by atoms with van der Waals surface area (Å²) in [6.45, 7) is 2.41. The number of aliphatic hydroxyl groups is 6. The van der Waals surface area contributed by atoms with Crippen molar-refractivity contribution < 1.29 is 59.5 Å². The Bertz CT molecular complexity index is 588. The first-order valence-electron chi connectivity index (χ1n) is 9.00. The Morgan fingerprint density at radius 1 is 1.00 bits per heavy atom. The molecular formula is C16H27NO12. The van der Waals surface area contributed by atoms with E-state index in [-0.39, 0.29) is 0 Å². The second-order valence-corrected chi connectivity index (χ2v) is 7.26. The van der Waals surface area contributed by atoms with Crippen molar-refractivity contribution in [2.24, 2.45) is 5.92 Å². The highest BCUT2D eigenvalue weighted by atomic mass is 16.7. The Balaban J connectivity index is 2.27. The van der Waals surface area contributed by atoms with Crippen LogP contribution in [0.4, 0.5) is 0 Å². The Hall–Kier alpha value is -1.42. The third-order valence-electron chi connectivity index (χ3n) is 4.81. The fourth-order valence-corrected chi connectivity index (χ4v) is 3.05. The maximum atomic E-state index is 12.1. The number of hydrogen-bond donors (Lipinski definition) is 8. The molecule has 2 fully saturated rings. The minimum absolute atomic E-state index is 0.513. The zero-order chi connectivity index (χ0) is 22.0. The molecule has 10 atom stereocenters. The van der Waals surface area contributed by atoms with E-state index in [1.54, 1.807) is 13.8 Å². The third-order valence-corrected chi connectivity index (χ3v) is 4.81. The highest BCUT2D eigenvalue weighted by Gasteiger charge is 2.52. The molecule has 0 aromatic rings. The average molecular weight is 425 g/mol. The number of aliphatic hydroxyl groups excluding tert-OH is 6. The van der Waals surface area contributed by atoms with Gasteiger partial charge in [-0.3, -0.25) is 4.79 Å². The highest BCUT2D eigenvalue weighted by molar-refractivity contribution is 5.78. The van der Waals surface area contributed by atoms with Crippen molar-refractivity contribution in [3.05, 3.63) is 0 Å². The molecule has 29 heavy (non-hydrogen) atoms. The van der Waals surface area contributed by atoms with Crippen LogP contribution in [-0.2, 0) is 23.8 Å². The van der Waals surface area contributed by atoms with Crippen molar-refractivity contribution in [2.45, 2.75) is 75.2 Å². The largest absolute Gasteiger partial charge is 0.479 e. The molecule has 0 saturated carbocycles. The first-order valence-corrected chi connectivity index (χ1v) is 9.00. The van der Waals surface area contributed by atoms with Crippen LogP contribution in [0.1, 0.15) is 13.8 Å². The zero-order valence-corrected chi connectivity index (χ0v) is 15.7. The standard InChI is InChI=1S/C16H27NO12/c1-4(2)13(23)17-6-11(7(19)5(3-18)27-15(6)26)28-16-10(22)8(20)9(21)12(29-16)14(24)25/h4-12,15-16,18-22,26H,3H2,1-2H3,(H,17,23)(H,24,25)/t5-,6-,7-,8+,9+,10-,11-,12+,15-,16-/m1/s1. The predicted octanol–water partition coefficient (Wildman–Crippen LogP) is -4.52. The molecule has 1 amide bonds. The van der Waals surface area contributed by atoms with Gasteiger partial charge < -0.3 is 55.3 Å². The van der Waals surface area contributed by atoms with Crippen LogP contribution in [0.2, 0.25) is 0 Å². The van der Waals surface area contributed by atoms with Crippen LogP contribution in [0.3, 0.4) is 0 Å². The number of aliphatic carboxylic acids is 1. The van der Waals surface area contributed by atoms with Gasteiger partial charge in [-0.2, -0.15) is 0 Å². The molecule has 2 aliphatic rings. The number of carboxylic acids is 1. The molecule has 13 heteroatoms. The smallest absolute Gasteiger partial charge is 0.335 e. The molecule has 2 rings (SSSR count). The molecule has 0 aromatic carbocycles. The van der Waals surface area contributed by atoms with Gasteiger partial charge in [0.05, 0.1) is 6.61 Å². The van der Waals surface area contributed by atoms with E-state index in [9.17, 15) is 40.2 Å². The molecule has 0 bridgehead atoms. The zero-order valence-electron chi connectivity index (χ0n) is 15.7. The minimum atomic E-state index is -1.95. The van der Waals surface area contributed by atoms with Crippen LogP contribution in [0.5, 0.6) is 0 Å². The molecule has 0 aliphatic carbocycles. The molecule has 168 valence electrons. The summed E-state index contributed by atoms with van der Waals surface area (Å²) in [5.74, 6) is -2.69. The number of amides is 1. The molecule has 0 unspecified atom stereocenters. The summed E-state index contributed by atoms with van der Waals surface area (Å²) >= 11 is 0. The van der Waals surface area contributed by atoms with Crippen molar-refractivity contribution in [2.75, 3.05) is 6.61 Å². The van der Waals surface area contributed by atoms with Gasteiger partial charge >= 0.3 is 5.97 Å². The van der Waals surface area contributed by atoms with Crippen molar-refractivity contribution in [1.29, 1.82) is 0 Å². The number of carbonyl (C=O) groups excluding carboxylic acids is 1. The second-order valence-electron chi connectivity index (χ2n) is 7.26. The third kappa shape index (κ3) is 5.02. The maximum absolute atomic E-state index is 12.1. The summed E-state index contributed by atoms with van der Waals surface area (Å²) < 4.78 is 15.5. The van der Waals surface area contributed by atoms with Gasteiger partial charge in [-0.15, -0.1) is 0 Å². The normalized spacial score (nSPS) is 43.2. The van der Waals surface area contributed by atoms with Gasteiger partial charge in [-0.05, 0) is 0 Å². The summed E-state index contributed by atoms with van der Waals surface area (Å²) in [6, 6.07) is -1.38. The molecule has 0 radical (unpaired) electrons. The van der Waals surface area contributed by atoms with Crippen LogP contribution in [-0.4, -0.2) is 116 Å². The van der Waals surface area contributed by atoms with Gasteiger partial charge in [0.1, 0.15) is 42.7 Å². The van der Waals surface area contributed by atoms with E-state index in [0.29, 0.717) is 0 Å². The lowest BCUT2D eigenvalue weighted by atomic mass is 9.95. The lowest BCUT2D eigenvalue weighted by Gasteiger charge is -2.46. The topological polar surface area (TPSA) is 215 Å². The van der Waals surface area contributed by atoms with E-state index in [2.05, 4.69) is 5.32 Å². The fourth-order valence-electron chi connectivity index (χ4n) is 3.05. The van der Waals surface area contributed by atoms with E-state index >= 15 is 0 Å². The number of nitrogens with one attached hydrogen (secondary N) is 1. The first-order chi connectivity index (χ1) is 13.5. The molecule has 0 spiro atoms.